The highest BCUT2D eigenvalue weighted by Gasteiger charge is 2.17. The van der Waals surface area contributed by atoms with Crippen LogP contribution in [0.1, 0.15) is 54.1 Å². The van der Waals surface area contributed by atoms with E-state index >= 15 is 0 Å². The zero-order valence-electron chi connectivity index (χ0n) is 17.1. The lowest BCUT2D eigenvalue weighted by atomic mass is 9.86. The van der Waals surface area contributed by atoms with Gasteiger partial charge in [0.05, 0.1) is 11.9 Å². The number of hydrogen-bond acceptors (Lipinski definition) is 4. The number of amides is 1. The molecule has 0 saturated carbocycles. The first-order valence-corrected chi connectivity index (χ1v) is 9.49. The summed E-state index contributed by atoms with van der Waals surface area (Å²) >= 11 is 0. The number of nitrogens with one attached hydrogen (secondary N) is 2. The molecule has 0 atom stereocenters. The summed E-state index contributed by atoms with van der Waals surface area (Å²) in [5.41, 5.74) is 4.43. The van der Waals surface area contributed by atoms with Gasteiger partial charge in [0.15, 0.2) is 5.78 Å². The third-order valence-electron chi connectivity index (χ3n) is 4.54. The molecule has 1 aromatic heterocycles. The van der Waals surface area contributed by atoms with Crippen LogP contribution < -0.4 is 10.6 Å². The maximum atomic E-state index is 12.5. The highest BCUT2D eigenvalue weighted by molar-refractivity contribution is 6.04. The lowest BCUT2D eigenvalue weighted by Crippen LogP contribution is -2.15. The first-order chi connectivity index (χ1) is 13.7. The summed E-state index contributed by atoms with van der Waals surface area (Å²) in [5, 5.41) is 6.16. The third-order valence-corrected chi connectivity index (χ3v) is 4.54. The highest BCUT2D eigenvalue weighted by atomic mass is 16.2. The highest BCUT2D eigenvalue weighted by Crippen LogP contribution is 2.31. The topological polar surface area (TPSA) is 71.1 Å². The van der Waals surface area contributed by atoms with Crippen LogP contribution in [0.5, 0.6) is 0 Å². The molecule has 0 unspecified atom stereocenters. The summed E-state index contributed by atoms with van der Waals surface area (Å²) in [6, 6.07) is 18.5. The van der Waals surface area contributed by atoms with Gasteiger partial charge in [-0.25, -0.2) is 4.98 Å². The van der Waals surface area contributed by atoms with Crippen LogP contribution in [0.15, 0.2) is 66.9 Å². The van der Waals surface area contributed by atoms with Crippen LogP contribution in [0.2, 0.25) is 0 Å². The van der Waals surface area contributed by atoms with E-state index in [1.54, 1.807) is 36.5 Å². The van der Waals surface area contributed by atoms with Gasteiger partial charge < -0.3 is 10.6 Å². The van der Waals surface area contributed by atoms with Gasteiger partial charge in [-0.1, -0.05) is 51.1 Å². The molecule has 3 aromatic rings. The molecule has 2 aromatic carbocycles. The molecule has 148 valence electrons. The average Bonchev–Trinajstić information content (AvgIpc) is 2.68. The van der Waals surface area contributed by atoms with Gasteiger partial charge in [0.1, 0.15) is 5.69 Å². The summed E-state index contributed by atoms with van der Waals surface area (Å²) < 4.78 is 0. The first kappa shape index (κ1) is 20.3. The van der Waals surface area contributed by atoms with E-state index in [1.165, 1.54) is 12.5 Å². The monoisotopic (exact) mass is 387 g/mol. The fraction of sp³-hybridized carbons (Fsp3) is 0.208. The Morgan fingerprint density at radius 1 is 0.897 bits per heavy atom. The molecule has 0 aliphatic heterocycles. The zero-order chi connectivity index (χ0) is 21.0. The average molecular weight is 387 g/mol. The van der Waals surface area contributed by atoms with Crippen LogP contribution >= 0.6 is 0 Å². The van der Waals surface area contributed by atoms with E-state index in [1.807, 2.05) is 24.3 Å². The van der Waals surface area contributed by atoms with Crippen molar-refractivity contribution in [2.75, 3.05) is 10.6 Å². The maximum absolute atomic E-state index is 12.5. The van der Waals surface area contributed by atoms with Crippen LogP contribution in [-0.4, -0.2) is 16.7 Å². The van der Waals surface area contributed by atoms with E-state index in [0.29, 0.717) is 16.9 Å². The van der Waals surface area contributed by atoms with Crippen molar-refractivity contribution in [2.45, 2.75) is 33.1 Å². The molecule has 3 rings (SSSR count). The van der Waals surface area contributed by atoms with Crippen LogP contribution in [0.25, 0.3) is 0 Å². The molecule has 0 bridgehead atoms. The van der Waals surface area contributed by atoms with Gasteiger partial charge in [0, 0.05) is 16.9 Å². The van der Waals surface area contributed by atoms with Crippen molar-refractivity contribution in [1.29, 1.82) is 0 Å². The number of benzene rings is 2. The number of para-hydroxylation sites is 1. The van der Waals surface area contributed by atoms with Crippen LogP contribution in [0, 0.1) is 0 Å². The summed E-state index contributed by atoms with van der Waals surface area (Å²) in [6.07, 6.45) is 1.64. The number of rotatable bonds is 5. The molecule has 2 N–H and O–H groups in total. The van der Waals surface area contributed by atoms with Crippen molar-refractivity contribution >= 4 is 28.8 Å². The second-order valence-electron chi connectivity index (χ2n) is 7.94. The van der Waals surface area contributed by atoms with Gasteiger partial charge in [0.2, 0.25) is 0 Å². The molecule has 5 nitrogen and oxygen atoms in total. The molecule has 0 saturated heterocycles. The van der Waals surface area contributed by atoms with Crippen LogP contribution in [0.3, 0.4) is 0 Å². The number of pyridine rings is 1. The number of anilines is 3. The van der Waals surface area contributed by atoms with Gasteiger partial charge in [-0.2, -0.15) is 0 Å². The van der Waals surface area contributed by atoms with E-state index < -0.39 is 0 Å². The maximum Gasteiger partial charge on any atom is 0.274 e. The largest absolute Gasteiger partial charge is 0.354 e. The molecule has 0 aliphatic carbocycles. The van der Waals surface area contributed by atoms with Gasteiger partial charge in [-0.3, -0.25) is 9.59 Å². The predicted octanol–water partition coefficient (Wildman–Crippen LogP) is 5.58. The van der Waals surface area contributed by atoms with Crippen molar-refractivity contribution in [1.82, 2.24) is 4.98 Å². The minimum absolute atomic E-state index is 0.00522. The molecule has 1 heterocycles. The van der Waals surface area contributed by atoms with Gasteiger partial charge in [-0.05, 0) is 48.2 Å². The lowest BCUT2D eigenvalue weighted by molar-refractivity contribution is 0.100. The van der Waals surface area contributed by atoms with Crippen LogP contribution in [0.4, 0.5) is 17.1 Å². The smallest absolute Gasteiger partial charge is 0.274 e. The summed E-state index contributed by atoms with van der Waals surface area (Å²) in [7, 11) is 0. The molecule has 29 heavy (non-hydrogen) atoms. The Kier molecular flexibility index (Phi) is 5.78. The number of carbonyl (C=O) groups is 2. The van der Waals surface area contributed by atoms with Crippen molar-refractivity contribution in [3.05, 3.63) is 83.7 Å². The lowest BCUT2D eigenvalue weighted by Gasteiger charge is -2.23. The molecule has 0 radical (unpaired) electrons. The van der Waals surface area contributed by atoms with Gasteiger partial charge in [-0.15, -0.1) is 0 Å². The Balaban J connectivity index is 1.73. The van der Waals surface area contributed by atoms with Crippen LogP contribution in [-0.2, 0) is 5.41 Å². The second kappa shape index (κ2) is 8.27. The molecule has 1 amide bonds. The standard InChI is InChI=1S/C24H25N3O2/c1-16(28)17-8-7-9-18(14-17)27-23(29)22-13-12-19(15-25-22)26-21-11-6-5-10-20(21)24(2,3)4/h5-15,26H,1-4H3,(H,27,29). The Morgan fingerprint density at radius 2 is 1.66 bits per heavy atom. The van der Waals surface area contributed by atoms with Crippen molar-refractivity contribution in [2.24, 2.45) is 0 Å². The summed E-state index contributed by atoms with van der Waals surface area (Å²) in [5.74, 6) is -0.377. The number of ketones is 1. The van der Waals surface area contributed by atoms with Crippen molar-refractivity contribution < 1.29 is 9.59 Å². The minimum atomic E-state index is -0.327. The molecule has 0 aliphatic rings. The van der Waals surface area contributed by atoms with Gasteiger partial charge in [0.25, 0.3) is 5.91 Å². The predicted molar refractivity (Wildman–Crippen MR) is 117 cm³/mol. The molecule has 0 fully saturated rings. The Bertz CT molecular complexity index is 1030. The number of Topliss-reactive ketones (excluding diaryl/α,β-unsaturated/α-hetero) is 1. The molecular formula is C24H25N3O2. The fourth-order valence-corrected chi connectivity index (χ4v) is 3.01. The SMILES string of the molecule is CC(=O)c1cccc(NC(=O)c2ccc(Nc3ccccc3C(C)(C)C)cn2)c1. The Hall–Kier alpha value is -3.47. The minimum Gasteiger partial charge on any atom is -0.354 e. The van der Waals surface area contributed by atoms with Crippen molar-refractivity contribution in [3.8, 4) is 0 Å². The number of aromatic nitrogens is 1. The zero-order valence-corrected chi connectivity index (χ0v) is 17.1. The molecule has 0 spiro atoms. The van der Waals surface area contributed by atoms with E-state index in [9.17, 15) is 9.59 Å². The quantitative estimate of drug-likeness (QED) is 0.561. The van der Waals surface area contributed by atoms with Gasteiger partial charge >= 0.3 is 0 Å². The molecular weight excluding hydrogens is 362 g/mol. The number of nitrogens with zero attached hydrogens (tertiary/aromatic N) is 1. The van der Waals surface area contributed by atoms with Crippen molar-refractivity contribution in [3.63, 3.8) is 0 Å². The number of carbonyl (C=O) groups excluding carboxylic acids is 2. The third kappa shape index (κ3) is 5.08. The number of hydrogen-bond donors (Lipinski definition) is 2. The Labute approximate surface area is 171 Å². The summed E-state index contributed by atoms with van der Waals surface area (Å²) in [6.45, 7) is 7.99. The van der Waals surface area contributed by atoms with E-state index in [2.05, 4.69) is 42.5 Å². The normalized spacial score (nSPS) is 11.0. The first-order valence-electron chi connectivity index (χ1n) is 9.49. The molecule has 5 heteroatoms. The van der Waals surface area contributed by atoms with E-state index in [4.69, 9.17) is 0 Å². The Morgan fingerprint density at radius 3 is 2.31 bits per heavy atom. The van der Waals surface area contributed by atoms with E-state index in [-0.39, 0.29) is 17.1 Å². The fourth-order valence-electron chi connectivity index (χ4n) is 3.01. The summed E-state index contributed by atoms with van der Waals surface area (Å²) in [4.78, 5) is 28.2. The van der Waals surface area contributed by atoms with E-state index in [0.717, 1.165) is 11.4 Å². The second-order valence-corrected chi connectivity index (χ2v) is 7.94.